The number of ether oxygens (including phenoxy) is 3. The van der Waals surface area contributed by atoms with E-state index in [4.69, 9.17) is 25.8 Å². The van der Waals surface area contributed by atoms with Crippen molar-refractivity contribution in [2.24, 2.45) is 0 Å². The van der Waals surface area contributed by atoms with Crippen LogP contribution >= 0.6 is 11.6 Å². The van der Waals surface area contributed by atoms with Crippen molar-refractivity contribution >= 4 is 11.6 Å². The topological polar surface area (TPSA) is 27.7 Å². The van der Waals surface area contributed by atoms with E-state index in [0.29, 0.717) is 5.02 Å². The Morgan fingerprint density at radius 2 is 1.60 bits per heavy atom. The number of benzene rings is 1. The first-order valence-corrected chi connectivity index (χ1v) is 4.89. The summed E-state index contributed by atoms with van der Waals surface area (Å²) < 4.78 is 15.8. The van der Waals surface area contributed by atoms with Gasteiger partial charge in [-0.15, -0.1) is 0 Å². The van der Waals surface area contributed by atoms with E-state index in [1.54, 1.807) is 6.07 Å². The molecule has 0 heterocycles. The van der Waals surface area contributed by atoms with Gasteiger partial charge in [0.15, 0.2) is 0 Å². The second-order valence-corrected chi connectivity index (χ2v) is 3.56. The second-order valence-electron chi connectivity index (χ2n) is 3.13. The van der Waals surface area contributed by atoms with Crippen molar-refractivity contribution in [3.05, 3.63) is 34.3 Å². The van der Waals surface area contributed by atoms with Gasteiger partial charge in [-0.25, -0.2) is 0 Å². The van der Waals surface area contributed by atoms with E-state index < -0.39 is 5.97 Å². The number of halogens is 1. The molecule has 4 heteroatoms. The van der Waals surface area contributed by atoms with Gasteiger partial charge in [-0.3, -0.25) is 0 Å². The molecule has 0 N–H and O–H groups in total. The molecule has 1 aromatic carbocycles. The van der Waals surface area contributed by atoms with E-state index >= 15 is 0 Å². The molecule has 0 amide bonds. The van der Waals surface area contributed by atoms with Gasteiger partial charge in [0.2, 0.25) is 0 Å². The molecule has 0 saturated heterocycles. The highest BCUT2D eigenvalue weighted by atomic mass is 35.5. The van der Waals surface area contributed by atoms with Crippen LogP contribution in [0.4, 0.5) is 0 Å². The minimum absolute atomic E-state index is 0.674. The monoisotopic (exact) mass is 230 g/mol. The molecule has 0 aliphatic carbocycles. The summed E-state index contributed by atoms with van der Waals surface area (Å²) in [4.78, 5) is 0. The standard InChI is InChI=1S/C11H15ClO3/c1-8-7-9(12)5-6-10(8)11(13-2,14-3)15-4/h5-7H,1-4H3. The Balaban J connectivity index is 3.22. The molecular formula is C11H15ClO3. The number of methoxy groups -OCH3 is 3. The predicted octanol–water partition coefficient (Wildman–Crippen LogP) is 2.70. The fourth-order valence-electron chi connectivity index (χ4n) is 1.55. The molecule has 0 aromatic heterocycles. The Morgan fingerprint density at radius 1 is 1.07 bits per heavy atom. The third-order valence-electron chi connectivity index (χ3n) is 2.32. The number of hydrogen-bond acceptors (Lipinski definition) is 3. The van der Waals surface area contributed by atoms with Gasteiger partial charge >= 0.3 is 5.97 Å². The van der Waals surface area contributed by atoms with Gasteiger partial charge in [-0.05, 0) is 30.7 Å². The quantitative estimate of drug-likeness (QED) is 0.745. The first-order chi connectivity index (χ1) is 7.09. The summed E-state index contributed by atoms with van der Waals surface area (Å²) in [6.45, 7) is 1.92. The van der Waals surface area contributed by atoms with Crippen LogP contribution < -0.4 is 0 Å². The van der Waals surface area contributed by atoms with Crippen LogP contribution in [0.1, 0.15) is 11.1 Å². The number of rotatable bonds is 4. The summed E-state index contributed by atoms with van der Waals surface area (Å²) in [6, 6.07) is 5.44. The summed E-state index contributed by atoms with van der Waals surface area (Å²) in [6.07, 6.45) is 0. The van der Waals surface area contributed by atoms with Crippen LogP contribution in [0.5, 0.6) is 0 Å². The lowest BCUT2D eigenvalue weighted by Gasteiger charge is -2.30. The van der Waals surface area contributed by atoms with Crippen molar-refractivity contribution < 1.29 is 14.2 Å². The molecule has 0 bridgehead atoms. The lowest BCUT2D eigenvalue weighted by molar-refractivity contribution is -0.364. The summed E-state index contributed by atoms with van der Waals surface area (Å²) in [5.41, 5.74) is 1.76. The van der Waals surface area contributed by atoms with Crippen molar-refractivity contribution in [3.8, 4) is 0 Å². The van der Waals surface area contributed by atoms with Gasteiger partial charge in [0.1, 0.15) is 0 Å². The van der Waals surface area contributed by atoms with Gasteiger partial charge in [0.05, 0.1) is 0 Å². The van der Waals surface area contributed by atoms with Crippen LogP contribution in [0.2, 0.25) is 5.02 Å². The lowest BCUT2D eigenvalue weighted by atomic mass is 10.1. The average molecular weight is 231 g/mol. The predicted molar refractivity (Wildman–Crippen MR) is 58.9 cm³/mol. The molecule has 0 fully saturated rings. The molecule has 0 saturated carbocycles. The van der Waals surface area contributed by atoms with E-state index in [1.807, 2.05) is 19.1 Å². The van der Waals surface area contributed by atoms with E-state index in [9.17, 15) is 0 Å². The van der Waals surface area contributed by atoms with Crippen LogP contribution in [0.15, 0.2) is 18.2 Å². The average Bonchev–Trinajstić information content (AvgIpc) is 2.23. The highest BCUT2D eigenvalue weighted by Gasteiger charge is 2.33. The van der Waals surface area contributed by atoms with E-state index in [-0.39, 0.29) is 0 Å². The van der Waals surface area contributed by atoms with Crippen molar-refractivity contribution in [1.29, 1.82) is 0 Å². The van der Waals surface area contributed by atoms with Crippen LogP contribution in [-0.2, 0) is 20.2 Å². The van der Waals surface area contributed by atoms with Gasteiger partial charge in [-0.1, -0.05) is 11.6 Å². The highest BCUT2D eigenvalue weighted by Crippen LogP contribution is 2.30. The van der Waals surface area contributed by atoms with Crippen molar-refractivity contribution in [1.82, 2.24) is 0 Å². The molecule has 15 heavy (non-hydrogen) atoms. The Hall–Kier alpha value is -0.610. The molecule has 0 radical (unpaired) electrons. The molecule has 84 valence electrons. The summed E-state index contributed by atoms with van der Waals surface area (Å²) in [5, 5.41) is 0.674. The molecule has 3 nitrogen and oxygen atoms in total. The third kappa shape index (κ3) is 2.32. The SMILES string of the molecule is COC(OC)(OC)c1ccc(Cl)cc1C. The zero-order valence-electron chi connectivity index (χ0n) is 9.33. The van der Waals surface area contributed by atoms with E-state index in [2.05, 4.69) is 0 Å². The Kier molecular flexibility index (Phi) is 4.11. The zero-order valence-corrected chi connectivity index (χ0v) is 10.1. The van der Waals surface area contributed by atoms with Crippen LogP contribution in [0.25, 0.3) is 0 Å². The number of aryl methyl sites for hydroxylation is 1. The van der Waals surface area contributed by atoms with Crippen molar-refractivity contribution in [2.45, 2.75) is 12.9 Å². The Bertz CT molecular complexity index is 326. The largest absolute Gasteiger partial charge is 0.327 e. The normalized spacial score (nSPS) is 11.8. The van der Waals surface area contributed by atoms with E-state index in [0.717, 1.165) is 11.1 Å². The minimum Gasteiger partial charge on any atom is -0.327 e. The van der Waals surface area contributed by atoms with Gasteiger partial charge in [0, 0.05) is 31.9 Å². The maximum absolute atomic E-state index is 5.87. The Labute approximate surface area is 94.9 Å². The fraction of sp³-hybridized carbons (Fsp3) is 0.455. The first kappa shape index (κ1) is 12.5. The molecule has 0 aliphatic rings. The van der Waals surface area contributed by atoms with Crippen LogP contribution in [0, 0.1) is 6.92 Å². The highest BCUT2D eigenvalue weighted by molar-refractivity contribution is 6.30. The molecule has 0 aliphatic heterocycles. The molecule has 0 unspecified atom stereocenters. The maximum atomic E-state index is 5.87. The fourth-order valence-corrected chi connectivity index (χ4v) is 1.78. The third-order valence-corrected chi connectivity index (χ3v) is 2.56. The van der Waals surface area contributed by atoms with Gasteiger partial charge < -0.3 is 14.2 Å². The molecule has 1 aromatic rings. The first-order valence-electron chi connectivity index (χ1n) is 4.51. The summed E-state index contributed by atoms with van der Waals surface area (Å²) in [5.74, 6) is -1.16. The maximum Gasteiger partial charge on any atom is 0.311 e. The zero-order chi connectivity index (χ0) is 11.5. The number of hydrogen-bond donors (Lipinski definition) is 0. The van der Waals surface area contributed by atoms with Crippen LogP contribution in [-0.4, -0.2) is 21.3 Å². The smallest absolute Gasteiger partial charge is 0.311 e. The van der Waals surface area contributed by atoms with Gasteiger partial charge in [-0.2, -0.15) is 0 Å². The van der Waals surface area contributed by atoms with Crippen molar-refractivity contribution in [2.75, 3.05) is 21.3 Å². The van der Waals surface area contributed by atoms with Gasteiger partial charge in [0.25, 0.3) is 0 Å². The lowest BCUT2D eigenvalue weighted by Crippen LogP contribution is -2.33. The molecule has 0 spiro atoms. The van der Waals surface area contributed by atoms with Crippen LogP contribution in [0.3, 0.4) is 0 Å². The molecule has 0 atom stereocenters. The minimum atomic E-state index is -1.16. The molecular weight excluding hydrogens is 216 g/mol. The van der Waals surface area contributed by atoms with E-state index in [1.165, 1.54) is 21.3 Å². The van der Waals surface area contributed by atoms with Crippen molar-refractivity contribution in [3.63, 3.8) is 0 Å². The summed E-state index contributed by atoms with van der Waals surface area (Å²) >= 11 is 5.87. The molecule has 1 rings (SSSR count). The summed E-state index contributed by atoms with van der Waals surface area (Å²) in [7, 11) is 4.59. The second kappa shape index (κ2) is 4.94. The Morgan fingerprint density at radius 3 is 2.00 bits per heavy atom.